The molecule has 0 aliphatic rings. The Kier molecular flexibility index (Phi) is 3.31. The monoisotopic (exact) mass is 282 g/mol. The normalized spacial score (nSPS) is 10.7. The molecule has 0 saturated heterocycles. The minimum atomic E-state index is -0.931. The molecular weight excluding hydrogens is 268 g/mol. The van der Waals surface area contributed by atoms with Crippen LogP contribution < -0.4 is 4.74 Å². The molecule has 5 heteroatoms. The van der Waals surface area contributed by atoms with E-state index in [-0.39, 0.29) is 5.56 Å². The van der Waals surface area contributed by atoms with E-state index in [1.165, 1.54) is 0 Å². The quantitative estimate of drug-likeness (QED) is 0.799. The lowest BCUT2D eigenvalue weighted by Crippen LogP contribution is -2.01. The van der Waals surface area contributed by atoms with E-state index in [9.17, 15) is 4.79 Å². The second-order valence-electron chi connectivity index (χ2n) is 4.73. The van der Waals surface area contributed by atoms with Gasteiger partial charge in [-0.2, -0.15) is 5.10 Å². The lowest BCUT2D eigenvalue weighted by atomic mass is 10.1. The van der Waals surface area contributed by atoms with Crippen LogP contribution in [0.1, 0.15) is 15.9 Å². The highest BCUT2D eigenvalue weighted by Gasteiger charge is 2.08. The van der Waals surface area contributed by atoms with E-state index in [2.05, 4.69) is 5.10 Å². The molecule has 1 aromatic heterocycles. The van der Waals surface area contributed by atoms with Crippen LogP contribution in [0.5, 0.6) is 5.75 Å². The third kappa shape index (κ3) is 2.58. The van der Waals surface area contributed by atoms with Crippen molar-refractivity contribution in [1.29, 1.82) is 0 Å². The maximum absolute atomic E-state index is 11.0. The first-order valence-electron chi connectivity index (χ1n) is 6.49. The lowest BCUT2D eigenvalue weighted by molar-refractivity contribution is 0.0697. The van der Waals surface area contributed by atoms with Crippen molar-refractivity contribution in [3.63, 3.8) is 0 Å². The molecule has 0 aliphatic heterocycles. The molecular formula is C16H14N2O3. The van der Waals surface area contributed by atoms with E-state index < -0.39 is 5.97 Å². The van der Waals surface area contributed by atoms with E-state index in [1.54, 1.807) is 31.5 Å². The maximum Gasteiger partial charge on any atom is 0.335 e. The molecule has 0 spiro atoms. The number of aromatic nitrogens is 2. The fourth-order valence-electron chi connectivity index (χ4n) is 2.25. The van der Waals surface area contributed by atoms with Gasteiger partial charge in [0.2, 0.25) is 0 Å². The summed E-state index contributed by atoms with van der Waals surface area (Å²) >= 11 is 0. The van der Waals surface area contributed by atoms with Gasteiger partial charge in [0.25, 0.3) is 0 Å². The van der Waals surface area contributed by atoms with Gasteiger partial charge >= 0.3 is 5.97 Å². The molecule has 3 aromatic rings. The smallest absolute Gasteiger partial charge is 0.335 e. The number of carbonyl (C=O) groups is 1. The Bertz CT molecular complexity index is 791. The SMILES string of the molecule is COc1ccc(Cn2ncc3cc(C(=O)O)ccc32)cc1. The second kappa shape index (κ2) is 5.28. The van der Waals surface area contributed by atoms with Crippen molar-refractivity contribution in [2.45, 2.75) is 6.54 Å². The topological polar surface area (TPSA) is 64.4 Å². The first-order chi connectivity index (χ1) is 10.2. The highest BCUT2D eigenvalue weighted by molar-refractivity contribution is 5.93. The summed E-state index contributed by atoms with van der Waals surface area (Å²) in [5, 5.41) is 14.1. The van der Waals surface area contributed by atoms with Gasteiger partial charge in [0, 0.05) is 5.39 Å². The number of aromatic carboxylic acids is 1. The fraction of sp³-hybridized carbons (Fsp3) is 0.125. The predicted octanol–water partition coefficient (Wildman–Crippen LogP) is 2.79. The molecule has 0 bridgehead atoms. The molecule has 5 nitrogen and oxygen atoms in total. The molecule has 0 unspecified atom stereocenters. The highest BCUT2D eigenvalue weighted by atomic mass is 16.5. The molecule has 21 heavy (non-hydrogen) atoms. The van der Waals surface area contributed by atoms with Crippen molar-refractivity contribution in [3.05, 3.63) is 59.8 Å². The Morgan fingerprint density at radius 3 is 2.67 bits per heavy atom. The predicted molar refractivity (Wildman–Crippen MR) is 78.8 cm³/mol. The van der Waals surface area contributed by atoms with Crippen LogP contribution in [0.4, 0.5) is 0 Å². The second-order valence-corrected chi connectivity index (χ2v) is 4.73. The van der Waals surface area contributed by atoms with Crippen LogP contribution in [0.2, 0.25) is 0 Å². The van der Waals surface area contributed by atoms with Crippen LogP contribution in [0.3, 0.4) is 0 Å². The number of nitrogens with zero attached hydrogens (tertiary/aromatic N) is 2. The summed E-state index contributed by atoms with van der Waals surface area (Å²) in [5.41, 5.74) is 2.28. The van der Waals surface area contributed by atoms with E-state index >= 15 is 0 Å². The zero-order chi connectivity index (χ0) is 14.8. The molecule has 0 amide bonds. The van der Waals surface area contributed by atoms with Crippen LogP contribution in [0.25, 0.3) is 10.9 Å². The van der Waals surface area contributed by atoms with Gasteiger partial charge in [-0.05, 0) is 35.9 Å². The number of ether oxygens (including phenoxy) is 1. The Morgan fingerprint density at radius 1 is 1.24 bits per heavy atom. The number of carboxylic acid groups (broad SMARTS) is 1. The molecule has 0 aliphatic carbocycles. The molecule has 3 rings (SSSR count). The van der Waals surface area contributed by atoms with Gasteiger partial charge in [-0.3, -0.25) is 4.68 Å². The van der Waals surface area contributed by atoms with Gasteiger partial charge in [0.1, 0.15) is 5.75 Å². The molecule has 0 atom stereocenters. The molecule has 0 radical (unpaired) electrons. The molecule has 2 aromatic carbocycles. The number of hydrogen-bond donors (Lipinski definition) is 1. The summed E-state index contributed by atoms with van der Waals surface area (Å²) < 4.78 is 6.98. The minimum absolute atomic E-state index is 0.270. The van der Waals surface area contributed by atoms with Crippen LogP contribution in [-0.2, 0) is 6.54 Å². The van der Waals surface area contributed by atoms with Gasteiger partial charge in [0.15, 0.2) is 0 Å². The fourth-order valence-corrected chi connectivity index (χ4v) is 2.25. The zero-order valence-electron chi connectivity index (χ0n) is 11.5. The average molecular weight is 282 g/mol. The Balaban J connectivity index is 1.91. The maximum atomic E-state index is 11.0. The summed E-state index contributed by atoms with van der Waals surface area (Å²) in [6.07, 6.45) is 1.69. The third-order valence-electron chi connectivity index (χ3n) is 3.38. The Hall–Kier alpha value is -2.82. The van der Waals surface area contributed by atoms with Crippen LogP contribution in [-0.4, -0.2) is 28.0 Å². The number of hydrogen-bond acceptors (Lipinski definition) is 3. The number of methoxy groups -OCH3 is 1. The highest BCUT2D eigenvalue weighted by Crippen LogP contribution is 2.18. The van der Waals surface area contributed by atoms with Crippen LogP contribution in [0.15, 0.2) is 48.7 Å². The van der Waals surface area contributed by atoms with E-state index in [1.807, 2.05) is 28.9 Å². The van der Waals surface area contributed by atoms with Crippen LogP contribution in [0, 0.1) is 0 Å². The van der Waals surface area contributed by atoms with Crippen molar-refractivity contribution < 1.29 is 14.6 Å². The summed E-state index contributed by atoms with van der Waals surface area (Å²) in [7, 11) is 1.63. The molecule has 0 fully saturated rings. The van der Waals surface area contributed by atoms with Gasteiger partial charge in [0.05, 0.1) is 30.9 Å². The molecule has 1 N–H and O–H groups in total. The van der Waals surface area contributed by atoms with Gasteiger partial charge in [-0.1, -0.05) is 12.1 Å². The summed E-state index contributed by atoms with van der Waals surface area (Å²) in [6.45, 7) is 0.625. The largest absolute Gasteiger partial charge is 0.497 e. The lowest BCUT2D eigenvalue weighted by Gasteiger charge is -2.05. The number of fused-ring (bicyclic) bond motifs is 1. The Labute approximate surface area is 121 Å². The summed E-state index contributed by atoms with van der Waals surface area (Å²) in [6, 6.07) is 12.8. The summed E-state index contributed by atoms with van der Waals surface area (Å²) in [5.74, 6) is -0.116. The van der Waals surface area contributed by atoms with Gasteiger partial charge < -0.3 is 9.84 Å². The van der Waals surface area contributed by atoms with E-state index in [0.29, 0.717) is 6.54 Å². The van der Waals surface area contributed by atoms with E-state index in [4.69, 9.17) is 9.84 Å². The average Bonchev–Trinajstić information content (AvgIpc) is 2.90. The van der Waals surface area contributed by atoms with E-state index in [0.717, 1.165) is 22.2 Å². The Morgan fingerprint density at radius 2 is 2.00 bits per heavy atom. The molecule has 0 saturated carbocycles. The minimum Gasteiger partial charge on any atom is -0.497 e. The van der Waals surface area contributed by atoms with Gasteiger partial charge in [-0.25, -0.2) is 4.79 Å². The summed E-state index contributed by atoms with van der Waals surface area (Å²) in [4.78, 5) is 11.0. The van der Waals surface area contributed by atoms with Crippen LogP contribution >= 0.6 is 0 Å². The third-order valence-corrected chi connectivity index (χ3v) is 3.38. The van der Waals surface area contributed by atoms with Crippen molar-refractivity contribution >= 4 is 16.9 Å². The first kappa shape index (κ1) is 13.2. The molecule has 1 heterocycles. The van der Waals surface area contributed by atoms with Crippen molar-refractivity contribution in [2.75, 3.05) is 7.11 Å². The van der Waals surface area contributed by atoms with Crippen molar-refractivity contribution in [2.24, 2.45) is 0 Å². The number of benzene rings is 2. The standard InChI is InChI=1S/C16H14N2O3/c1-21-14-5-2-11(3-6-14)10-18-15-7-4-12(16(19)20)8-13(15)9-17-18/h2-9H,10H2,1H3,(H,19,20). The molecule has 106 valence electrons. The first-order valence-corrected chi connectivity index (χ1v) is 6.49. The van der Waals surface area contributed by atoms with Crippen molar-refractivity contribution in [1.82, 2.24) is 9.78 Å². The number of rotatable bonds is 4. The van der Waals surface area contributed by atoms with Crippen molar-refractivity contribution in [3.8, 4) is 5.75 Å². The van der Waals surface area contributed by atoms with Gasteiger partial charge in [-0.15, -0.1) is 0 Å². The number of carboxylic acids is 1. The zero-order valence-corrected chi connectivity index (χ0v) is 11.5.